The van der Waals surface area contributed by atoms with Crippen molar-refractivity contribution >= 4 is 9.84 Å². The van der Waals surface area contributed by atoms with Gasteiger partial charge < -0.3 is 4.42 Å². The van der Waals surface area contributed by atoms with E-state index in [1.165, 1.54) is 30.5 Å². The molecule has 0 amide bonds. The molecule has 0 aliphatic heterocycles. The minimum atomic E-state index is -3.45. The molecule has 0 fully saturated rings. The molecule has 0 spiro atoms. The lowest BCUT2D eigenvalue weighted by Crippen LogP contribution is -1.95. The van der Waals surface area contributed by atoms with Gasteiger partial charge in [-0.3, -0.25) is 0 Å². The van der Waals surface area contributed by atoms with Gasteiger partial charge in [-0.1, -0.05) is 0 Å². The minimum absolute atomic E-state index is 0.292. The SMILES string of the molecule is CS(=O)(=O)c1ncc(-c2ccc(F)cc2)o1. The monoisotopic (exact) mass is 241 g/mol. The van der Waals surface area contributed by atoms with Gasteiger partial charge in [-0.25, -0.2) is 17.8 Å². The number of aromatic nitrogens is 1. The van der Waals surface area contributed by atoms with E-state index in [1.54, 1.807) is 0 Å². The summed E-state index contributed by atoms with van der Waals surface area (Å²) in [6.45, 7) is 0. The second-order valence-electron chi connectivity index (χ2n) is 3.27. The molecule has 0 radical (unpaired) electrons. The normalized spacial score (nSPS) is 11.6. The number of hydrogen-bond acceptors (Lipinski definition) is 4. The highest BCUT2D eigenvalue weighted by molar-refractivity contribution is 7.90. The summed E-state index contributed by atoms with van der Waals surface area (Å²) >= 11 is 0. The van der Waals surface area contributed by atoms with Crippen LogP contribution in [0.2, 0.25) is 0 Å². The molecule has 1 aromatic heterocycles. The standard InChI is InChI=1S/C10H8FNO3S/c1-16(13,14)10-12-6-9(15-10)7-2-4-8(11)5-3-7/h2-6H,1H3. The van der Waals surface area contributed by atoms with Crippen LogP contribution in [0.3, 0.4) is 0 Å². The Labute approximate surface area is 91.7 Å². The first kappa shape index (κ1) is 10.8. The van der Waals surface area contributed by atoms with Crippen LogP contribution in [-0.4, -0.2) is 19.7 Å². The first-order valence-corrected chi connectivity index (χ1v) is 6.28. The maximum atomic E-state index is 12.7. The molecule has 2 rings (SSSR count). The molecule has 0 saturated carbocycles. The van der Waals surface area contributed by atoms with Crippen LogP contribution in [-0.2, 0) is 9.84 Å². The van der Waals surface area contributed by atoms with Crippen molar-refractivity contribution < 1.29 is 17.2 Å². The number of benzene rings is 1. The van der Waals surface area contributed by atoms with E-state index >= 15 is 0 Å². The zero-order valence-corrected chi connectivity index (χ0v) is 9.16. The Morgan fingerprint density at radius 2 is 1.88 bits per heavy atom. The van der Waals surface area contributed by atoms with Crippen molar-refractivity contribution in [2.45, 2.75) is 5.22 Å². The molecule has 4 nitrogen and oxygen atoms in total. The molecule has 16 heavy (non-hydrogen) atoms. The van der Waals surface area contributed by atoms with E-state index in [4.69, 9.17) is 4.42 Å². The predicted octanol–water partition coefficient (Wildman–Crippen LogP) is 1.88. The number of rotatable bonds is 2. The highest BCUT2D eigenvalue weighted by atomic mass is 32.2. The van der Waals surface area contributed by atoms with Crippen LogP contribution >= 0.6 is 0 Å². The van der Waals surface area contributed by atoms with Gasteiger partial charge in [-0.15, -0.1) is 0 Å². The topological polar surface area (TPSA) is 60.2 Å². The van der Waals surface area contributed by atoms with Gasteiger partial charge in [0.15, 0.2) is 5.76 Å². The Hall–Kier alpha value is -1.69. The lowest BCUT2D eigenvalue weighted by atomic mass is 10.2. The second-order valence-corrected chi connectivity index (χ2v) is 5.16. The van der Waals surface area contributed by atoms with Crippen LogP contribution < -0.4 is 0 Å². The van der Waals surface area contributed by atoms with E-state index in [0.717, 1.165) is 6.26 Å². The van der Waals surface area contributed by atoms with Crippen LogP contribution in [0, 0.1) is 5.82 Å². The van der Waals surface area contributed by atoms with Gasteiger partial charge in [-0.05, 0) is 24.3 Å². The molecule has 1 heterocycles. The molecule has 1 aromatic carbocycles. The summed E-state index contributed by atoms with van der Waals surface area (Å²) in [5.41, 5.74) is 0.573. The third-order valence-corrected chi connectivity index (χ3v) is 2.75. The lowest BCUT2D eigenvalue weighted by molar-refractivity contribution is 0.442. The van der Waals surface area contributed by atoms with Crippen molar-refractivity contribution in [3.8, 4) is 11.3 Å². The van der Waals surface area contributed by atoms with E-state index in [-0.39, 0.29) is 11.0 Å². The number of halogens is 1. The van der Waals surface area contributed by atoms with Gasteiger partial charge in [-0.2, -0.15) is 0 Å². The van der Waals surface area contributed by atoms with Crippen molar-refractivity contribution in [2.24, 2.45) is 0 Å². The molecule has 0 unspecified atom stereocenters. The summed E-state index contributed by atoms with van der Waals surface area (Å²) < 4.78 is 39.9. The second kappa shape index (κ2) is 3.71. The molecule has 0 bridgehead atoms. The van der Waals surface area contributed by atoms with Gasteiger partial charge in [0.2, 0.25) is 9.84 Å². The van der Waals surface area contributed by atoms with Crippen LogP contribution in [0.4, 0.5) is 4.39 Å². The van der Waals surface area contributed by atoms with Crippen molar-refractivity contribution in [2.75, 3.05) is 6.26 Å². The summed E-state index contributed by atoms with van der Waals surface area (Å²) in [5.74, 6) is -0.0768. The Bertz CT molecular complexity index is 601. The number of nitrogens with zero attached hydrogens (tertiary/aromatic N) is 1. The molecule has 0 atom stereocenters. The first-order valence-electron chi connectivity index (χ1n) is 4.38. The highest BCUT2D eigenvalue weighted by Gasteiger charge is 2.15. The van der Waals surface area contributed by atoms with Crippen molar-refractivity contribution in [1.82, 2.24) is 4.98 Å². The number of oxazole rings is 1. The van der Waals surface area contributed by atoms with Gasteiger partial charge in [0.05, 0.1) is 6.20 Å². The van der Waals surface area contributed by atoms with E-state index in [1.807, 2.05) is 0 Å². The van der Waals surface area contributed by atoms with E-state index in [0.29, 0.717) is 11.3 Å². The van der Waals surface area contributed by atoms with Crippen molar-refractivity contribution in [1.29, 1.82) is 0 Å². The zero-order chi connectivity index (χ0) is 11.8. The van der Waals surface area contributed by atoms with Gasteiger partial charge in [0, 0.05) is 11.8 Å². The summed E-state index contributed by atoms with van der Waals surface area (Å²) in [5, 5.41) is -0.341. The van der Waals surface area contributed by atoms with Crippen LogP contribution in [0.1, 0.15) is 0 Å². The number of sulfone groups is 1. The first-order chi connectivity index (χ1) is 7.47. The summed E-state index contributed by atoms with van der Waals surface area (Å²) in [6, 6.07) is 5.50. The summed E-state index contributed by atoms with van der Waals surface area (Å²) in [6.07, 6.45) is 2.30. The molecular weight excluding hydrogens is 233 g/mol. The molecular formula is C10H8FNO3S. The molecule has 0 aliphatic rings. The Kier molecular flexibility index (Phi) is 2.51. The molecule has 84 valence electrons. The summed E-state index contributed by atoms with van der Waals surface area (Å²) in [7, 11) is -3.45. The Balaban J connectivity index is 2.43. The fraction of sp³-hybridized carbons (Fsp3) is 0.100. The Morgan fingerprint density at radius 1 is 1.25 bits per heavy atom. The quantitative estimate of drug-likeness (QED) is 0.805. The molecule has 0 aliphatic carbocycles. The van der Waals surface area contributed by atoms with Crippen LogP contribution in [0.15, 0.2) is 40.1 Å². The maximum absolute atomic E-state index is 12.7. The molecule has 2 aromatic rings. The minimum Gasteiger partial charge on any atom is -0.428 e. The third-order valence-electron chi connectivity index (χ3n) is 1.93. The Morgan fingerprint density at radius 3 is 2.38 bits per heavy atom. The van der Waals surface area contributed by atoms with Crippen molar-refractivity contribution in [3.63, 3.8) is 0 Å². The summed E-state index contributed by atoms with van der Waals surface area (Å²) in [4.78, 5) is 3.64. The lowest BCUT2D eigenvalue weighted by Gasteiger charge is -1.94. The largest absolute Gasteiger partial charge is 0.428 e. The zero-order valence-electron chi connectivity index (χ0n) is 8.34. The molecule has 0 saturated heterocycles. The van der Waals surface area contributed by atoms with Crippen molar-refractivity contribution in [3.05, 3.63) is 36.3 Å². The average Bonchev–Trinajstić information content (AvgIpc) is 2.67. The predicted molar refractivity (Wildman–Crippen MR) is 55.0 cm³/mol. The fourth-order valence-electron chi connectivity index (χ4n) is 1.18. The van der Waals surface area contributed by atoms with E-state index < -0.39 is 9.84 Å². The van der Waals surface area contributed by atoms with Crippen LogP contribution in [0.25, 0.3) is 11.3 Å². The molecule has 6 heteroatoms. The van der Waals surface area contributed by atoms with Crippen LogP contribution in [0.5, 0.6) is 0 Å². The van der Waals surface area contributed by atoms with E-state index in [9.17, 15) is 12.8 Å². The van der Waals surface area contributed by atoms with Gasteiger partial charge >= 0.3 is 5.22 Å². The van der Waals surface area contributed by atoms with E-state index in [2.05, 4.69) is 4.98 Å². The fourth-order valence-corrected chi connectivity index (χ4v) is 1.66. The van der Waals surface area contributed by atoms with Gasteiger partial charge in [0.1, 0.15) is 5.82 Å². The highest BCUT2D eigenvalue weighted by Crippen LogP contribution is 2.22. The van der Waals surface area contributed by atoms with Gasteiger partial charge in [0.25, 0.3) is 0 Å². The molecule has 0 N–H and O–H groups in total. The average molecular weight is 241 g/mol. The smallest absolute Gasteiger partial charge is 0.315 e. The maximum Gasteiger partial charge on any atom is 0.315 e. The third kappa shape index (κ3) is 2.11. The number of hydrogen-bond donors (Lipinski definition) is 0.